The van der Waals surface area contributed by atoms with Crippen LogP contribution in [0.15, 0.2) is 6.33 Å². The minimum absolute atomic E-state index is 0.177. The van der Waals surface area contributed by atoms with Gasteiger partial charge in [-0.2, -0.15) is 0 Å². The Morgan fingerprint density at radius 3 is 2.92 bits per heavy atom. The molecule has 0 fully saturated rings. The summed E-state index contributed by atoms with van der Waals surface area (Å²) in [6, 6.07) is 0.177. The highest BCUT2D eigenvalue weighted by Gasteiger charge is 2.05. The minimum Gasteiger partial charge on any atom is -0.395 e. The van der Waals surface area contributed by atoms with Crippen LogP contribution in [0.3, 0.4) is 0 Å². The van der Waals surface area contributed by atoms with Crippen molar-refractivity contribution in [2.24, 2.45) is 0 Å². The molecule has 0 saturated carbocycles. The lowest BCUT2D eigenvalue weighted by atomic mass is 10.2. The number of hydrogen-bond acceptors (Lipinski definition) is 3. The number of aliphatic hydroxyl groups is 1. The molecule has 0 aliphatic heterocycles. The predicted molar refractivity (Wildman–Crippen MR) is 51.3 cm³/mol. The first-order valence-electron chi connectivity index (χ1n) is 4.61. The van der Waals surface area contributed by atoms with Crippen molar-refractivity contribution in [3.05, 3.63) is 17.7 Å². The Labute approximate surface area is 78.4 Å². The van der Waals surface area contributed by atoms with Crippen LogP contribution in [0.25, 0.3) is 0 Å². The molecule has 74 valence electrons. The number of nitrogens with zero attached hydrogens (tertiary/aromatic N) is 1. The maximum absolute atomic E-state index is 8.93. The number of rotatable bonds is 5. The lowest BCUT2D eigenvalue weighted by Gasteiger charge is -2.12. The molecule has 0 bridgehead atoms. The molecule has 0 amide bonds. The van der Waals surface area contributed by atoms with Crippen molar-refractivity contribution in [3.8, 4) is 0 Å². The maximum Gasteiger partial charge on any atom is 0.0925 e. The number of aryl methyl sites for hydroxylation is 1. The molecule has 4 nitrogen and oxygen atoms in total. The van der Waals surface area contributed by atoms with E-state index in [9.17, 15) is 0 Å². The molecule has 0 aliphatic carbocycles. The van der Waals surface area contributed by atoms with Gasteiger partial charge in [0, 0.05) is 18.3 Å². The van der Waals surface area contributed by atoms with E-state index in [2.05, 4.69) is 15.3 Å². The molecule has 0 unspecified atom stereocenters. The van der Waals surface area contributed by atoms with Gasteiger partial charge in [0.1, 0.15) is 0 Å². The van der Waals surface area contributed by atoms with E-state index >= 15 is 0 Å². The number of aliphatic hydroxyl groups excluding tert-OH is 1. The molecule has 0 radical (unpaired) electrons. The van der Waals surface area contributed by atoms with Gasteiger partial charge in [0.2, 0.25) is 0 Å². The fourth-order valence-corrected chi connectivity index (χ4v) is 1.14. The molecule has 0 aromatic carbocycles. The van der Waals surface area contributed by atoms with Crippen LogP contribution in [-0.4, -0.2) is 27.7 Å². The fraction of sp³-hybridized carbons (Fsp3) is 0.667. The second-order valence-corrected chi connectivity index (χ2v) is 3.14. The Morgan fingerprint density at radius 2 is 2.46 bits per heavy atom. The van der Waals surface area contributed by atoms with Gasteiger partial charge in [-0.05, 0) is 13.3 Å². The van der Waals surface area contributed by atoms with Gasteiger partial charge < -0.3 is 15.4 Å². The van der Waals surface area contributed by atoms with Crippen molar-refractivity contribution < 1.29 is 5.11 Å². The molecule has 1 aromatic heterocycles. The fourth-order valence-electron chi connectivity index (χ4n) is 1.14. The van der Waals surface area contributed by atoms with Gasteiger partial charge in [0.05, 0.1) is 18.6 Å². The van der Waals surface area contributed by atoms with Gasteiger partial charge in [0.15, 0.2) is 0 Å². The molecule has 1 rings (SSSR count). The zero-order chi connectivity index (χ0) is 9.68. The van der Waals surface area contributed by atoms with Crippen molar-refractivity contribution >= 4 is 0 Å². The van der Waals surface area contributed by atoms with E-state index in [1.165, 1.54) is 0 Å². The number of H-pyrrole nitrogens is 1. The number of nitrogens with one attached hydrogen (secondary N) is 2. The van der Waals surface area contributed by atoms with Gasteiger partial charge in [-0.1, -0.05) is 6.92 Å². The monoisotopic (exact) mass is 183 g/mol. The molecule has 4 heteroatoms. The van der Waals surface area contributed by atoms with Crippen molar-refractivity contribution in [1.82, 2.24) is 15.3 Å². The predicted octanol–water partition coefficient (Wildman–Crippen LogP) is 0.579. The quantitative estimate of drug-likeness (QED) is 0.625. The second-order valence-electron chi connectivity index (χ2n) is 3.14. The molecule has 1 atom stereocenters. The zero-order valence-corrected chi connectivity index (χ0v) is 8.17. The smallest absolute Gasteiger partial charge is 0.0925 e. The normalized spacial score (nSPS) is 13.2. The largest absolute Gasteiger partial charge is 0.395 e. The summed E-state index contributed by atoms with van der Waals surface area (Å²) in [6.45, 7) is 4.93. The summed E-state index contributed by atoms with van der Waals surface area (Å²) >= 11 is 0. The first kappa shape index (κ1) is 10.2. The van der Waals surface area contributed by atoms with Crippen LogP contribution in [0.1, 0.15) is 24.7 Å². The molecule has 0 saturated heterocycles. The van der Waals surface area contributed by atoms with Crippen LogP contribution in [0, 0.1) is 6.92 Å². The average molecular weight is 183 g/mol. The summed E-state index contributed by atoms with van der Waals surface area (Å²) < 4.78 is 0. The number of hydrogen-bond donors (Lipinski definition) is 3. The van der Waals surface area contributed by atoms with E-state index < -0.39 is 0 Å². The maximum atomic E-state index is 8.93. The highest BCUT2D eigenvalue weighted by Crippen LogP contribution is 2.00. The van der Waals surface area contributed by atoms with Gasteiger partial charge in [-0.25, -0.2) is 4.98 Å². The summed E-state index contributed by atoms with van der Waals surface area (Å²) in [7, 11) is 0. The molecule has 1 heterocycles. The first-order valence-corrected chi connectivity index (χ1v) is 4.61. The Morgan fingerprint density at radius 1 is 1.69 bits per heavy atom. The van der Waals surface area contributed by atoms with Crippen LogP contribution in [0.5, 0.6) is 0 Å². The molecule has 0 aliphatic rings. The summed E-state index contributed by atoms with van der Waals surface area (Å²) in [4.78, 5) is 7.17. The molecular weight excluding hydrogens is 166 g/mol. The Balaban J connectivity index is 2.38. The molecular formula is C9H17N3O. The molecule has 1 aromatic rings. The number of aromatic amines is 1. The molecule has 13 heavy (non-hydrogen) atoms. The van der Waals surface area contributed by atoms with Crippen LogP contribution in [0.4, 0.5) is 0 Å². The highest BCUT2D eigenvalue weighted by atomic mass is 16.3. The summed E-state index contributed by atoms with van der Waals surface area (Å²) in [6.07, 6.45) is 2.62. The topological polar surface area (TPSA) is 60.9 Å². The second kappa shape index (κ2) is 4.99. The third kappa shape index (κ3) is 2.82. The average Bonchev–Trinajstić information content (AvgIpc) is 2.54. The van der Waals surface area contributed by atoms with Crippen molar-refractivity contribution in [2.45, 2.75) is 32.9 Å². The van der Waals surface area contributed by atoms with E-state index in [0.717, 1.165) is 17.8 Å². The third-order valence-electron chi connectivity index (χ3n) is 2.21. The van der Waals surface area contributed by atoms with E-state index in [-0.39, 0.29) is 12.6 Å². The van der Waals surface area contributed by atoms with Crippen LogP contribution < -0.4 is 5.32 Å². The van der Waals surface area contributed by atoms with E-state index in [1.54, 1.807) is 6.33 Å². The Kier molecular flexibility index (Phi) is 3.92. The van der Waals surface area contributed by atoms with Crippen molar-refractivity contribution in [1.29, 1.82) is 0 Å². The van der Waals surface area contributed by atoms with Gasteiger partial charge >= 0.3 is 0 Å². The van der Waals surface area contributed by atoms with E-state index in [4.69, 9.17) is 5.11 Å². The third-order valence-corrected chi connectivity index (χ3v) is 2.21. The van der Waals surface area contributed by atoms with Crippen LogP contribution >= 0.6 is 0 Å². The van der Waals surface area contributed by atoms with Crippen LogP contribution in [0.2, 0.25) is 0 Å². The molecule has 3 N–H and O–H groups in total. The SMILES string of the molecule is CC[C@H](CO)NCc1nc[nH]c1C. The zero-order valence-electron chi connectivity index (χ0n) is 8.17. The summed E-state index contributed by atoms with van der Waals surface area (Å²) in [5.41, 5.74) is 2.10. The minimum atomic E-state index is 0.177. The van der Waals surface area contributed by atoms with E-state index in [1.807, 2.05) is 13.8 Å². The van der Waals surface area contributed by atoms with Gasteiger partial charge in [-0.15, -0.1) is 0 Å². The molecule has 0 spiro atoms. The van der Waals surface area contributed by atoms with Gasteiger partial charge in [0.25, 0.3) is 0 Å². The summed E-state index contributed by atoms with van der Waals surface area (Å²) in [5.74, 6) is 0. The van der Waals surface area contributed by atoms with Crippen molar-refractivity contribution in [2.75, 3.05) is 6.61 Å². The first-order chi connectivity index (χ1) is 6.27. The van der Waals surface area contributed by atoms with E-state index in [0.29, 0.717) is 6.54 Å². The Bertz CT molecular complexity index is 243. The van der Waals surface area contributed by atoms with Crippen LogP contribution in [-0.2, 0) is 6.54 Å². The summed E-state index contributed by atoms with van der Waals surface area (Å²) in [5, 5.41) is 12.2. The number of imidazole rings is 1. The lowest BCUT2D eigenvalue weighted by molar-refractivity contribution is 0.238. The lowest BCUT2D eigenvalue weighted by Crippen LogP contribution is -2.31. The highest BCUT2D eigenvalue weighted by molar-refractivity contribution is 5.08. The number of aromatic nitrogens is 2. The van der Waals surface area contributed by atoms with Crippen molar-refractivity contribution in [3.63, 3.8) is 0 Å². The van der Waals surface area contributed by atoms with Gasteiger partial charge in [-0.3, -0.25) is 0 Å². The standard InChI is InChI=1S/C9H17N3O/c1-3-8(5-13)10-4-9-7(2)11-6-12-9/h6,8,10,13H,3-5H2,1-2H3,(H,11,12)/t8-/m1/s1. The Hall–Kier alpha value is -0.870.